The Hall–Kier alpha value is -2.34. The number of benzene rings is 1. The Morgan fingerprint density at radius 1 is 1.21 bits per heavy atom. The molecule has 0 aliphatic rings. The molecule has 1 heterocycles. The maximum Gasteiger partial charge on any atom is 0.407 e. The number of alkyl carbamates (subject to hydrolysis) is 1. The topological polar surface area (TPSA) is 67.4 Å². The molecule has 0 unspecified atom stereocenters. The van der Waals surface area contributed by atoms with Crippen LogP contribution in [-0.2, 0) is 22.7 Å². The molecule has 5 nitrogen and oxygen atoms in total. The molecule has 0 aliphatic carbocycles. The molecule has 0 fully saturated rings. The lowest BCUT2D eigenvalue weighted by atomic mass is 10.2. The summed E-state index contributed by atoms with van der Waals surface area (Å²) < 4.78 is 5.18. The average molecular weight is 346 g/mol. The minimum atomic E-state index is -0.483. The minimum Gasteiger partial charge on any atom is -0.445 e. The van der Waals surface area contributed by atoms with E-state index in [1.807, 2.05) is 57.2 Å². The fourth-order valence-corrected chi connectivity index (χ4v) is 2.94. The van der Waals surface area contributed by atoms with E-state index in [1.54, 1.807) is 0 Å². The molecule has 0 saturated carbocycles. The summed E-state index contributed by atoms with van der Waals surface area (Å²) in [5.41, 5.74) is 1.81. The number of hydrogen-bond acceptors (Lipinski definition) is 4. The minimum absolute atomic E-state index is 0.0373. The normalized spacial score (nSPS) is 10.5. The summed E-state index contributed by atoms with van der Waals surface area (Å²) in [4.78, 5) is 24.7. The molecule has 0 radical (unpaired) electrons. The third-order valence-corrected chi connectivity index (χ3v) is 4.34. The number of amides is 2. The van der Waals surface area contributed by atoms with Crippen molar-refractivity contribution in [1.82, 2.24) is 5.32 Å². The predicted octanol–water partition coefficient (Wildman–Crippen LogP) is 4.08. The highest BCUT2D eigenvalue weighted by Crippen LogP contribution is 2.28. The number of rotatable bonds is 6. The van der Waals surface area contributed by atoms with E-state index in [0.717, 1.165) is 21.0 Å². The van der Waals surface area contributed by atoms with Crippen LogP contribution in [0.4, 0.5) is 9.80 Å². The molecule has 0 bridgehead atoms. The average Bonchev–Trinajstić information content (AvgIpc) is 2.91. The van der Waals surface area contributed by atoms with Crippen LogP contribution in [-0.4, -0.2) is 12.0 Å². The summed E-state index contributed by atoms with van der Waals surface area (Å²) in [5.74, 6) is -0.131. The molecular weight excluding hydrogens is 324 g/mol. The lowest BCUT2D eigenvalue weighted by Gasteiger charge is -2.10. The van der Waals surface area contributed by atoms with Crippen molar-refractivity contribution in [3.05, 3.63) is 52.4 Å². The third-order valence-electron chi connectivity index (χ3n) is 3.33. The molecule has 1 aromatic carbocycles. The molecular formula is C18H22N2O3S. The van der Waals surface area contributed by atoms with Crippen molar-refractivity contribution in [3.63, 3.8) is 0 Å². The number of anilines is 1. The number of nitrogens with one attached hydrogen (secondary N) is 2. The molecule has 2 amide bonds. The molecule has 6 heteroatoms. The van der Waals surface area contributed by atoms with Crippen LogP contribution in [0.3, 0.4) is 0 Å². The van der Waals surface area contributed by atoms with E-state index < -0.39 is 6.09 Å². The molecule has 0 saturated heterocycles. The van der Waals surface area contributed by atoms with E-state index in [9.17, 15) is 9.59 Å². The van der Waals surface area contributed by atoms with E-state index in [-0.39, 0.29) is 18.4 Å². The van der Waals surface area contributed by atoms with Crippen LogP contribution in [0.2, 0.25) is 0 Å². The van der Waals surface area contributed by atoms with Crippen LogP contribution >= 0.6 is 11.3 Å². The van der Waals surface area contributed by atoms with Gasteiger partial charge in [-0.05, 0) is 18.6 Å². The van der Waals surface area contributed by atoms with Gasteiger partial charge in [0.15, 0.2) is 0 Å². The van der Waals surface area contributed by atoms with Gasteiger partial charge in [-0.15, -0.1) is 11.3 Å². The lowest BCUT2D eigenvalue weighted by Crippen LogP contribution is -2.24. The fraction of sp³-hybridized carbons (Fsp3) is 0.333. The number of ether oxygens (including phenoxy) is 1. The maximum absolute atomic E-state index is 11.9. The van der Waals surface area contributed by atoms with Crippen molar-refractivity contribution in [2.75, 3.05) is 5.32 Å². The van der Waals surface area contributed by atoms with Crippen LogP contribution in [0, 0.1) is 12.8 Å². The standard InChI is InChI=1S/C18H22N2O3S/c1-12(2)16(21)20-17-15(9-13(3)24-17)10-19-18(22)23-11-14-7-5-4-6-8-14/h4-9,12H,10-11H2,1-3H3,(H,19,22)(H,20,21). The van der Waals surface area contributed by atoms with Crippen molar-refractivity contribution in [2.24, 2.45) is 5.92 Å². The van der Waals surface area contributed by atoms with Gasteiger partial charge in [-0.25, -0.2) is 4.79 Å². The smallest absolute Gasteiger partial charge is 0.407 e. The van der Waals surface area contributed by atoms with Crippen molar-refractivity contribution in [2.45, 2.75) is 33.9 Å². The lowest BCUT2D eigenvalue weighted by molar-refractivity contribution is -0.118. The van der Waals surface area contributed by atoms with Gasteiger partial charge in [-0.2, -0.15) is 0 Å². The van der Waals surface area contributed by atoms with E-state index in [4.69, 9.17) is 4.74 Å². The third kappa shape index (κ3) is 5.38. The number of hydrogen-bond donors (Lipinski definition) is 2. The van der Waals surface area contributed by atoms with Crippen LogP contribution < -0.4 is 10.6 Å². The highest BCUT2D eigenvalue weighted by atomic mass is 32.1. The molecule has 0 spiro atoms. The van der Waals surface area contributed by atoms with Gasteiger partial charge in [0.05, 0.1) is 0 Å². The first-order valence-corrected chi connectivity index (χ1v) is 8.62. The van der Waals surface area contributed by atoms with Gasteiger partial charge >= 0.3 is 6.09 Å². The first-order valence-electron chi connectivity index (χ1n) is 7.80. The number of thiophene rings is 1. The predicted molar refractivity (Wildman–Crippen MR) is 96.0 cm³/mol. The monoisotopic (exact) mass is 346 g/mol. The molecule has 2 rings (SSSR count). The van der Waals surface area contributed by atoms with E-state index >= 15 is 0 Å². The van der Waals surface area contributed by atoms with Crippen LogP contribution in [0.15, 0.2) is 36.4 Å². The van der Waals surface area contributed by atoms with Gasteiger partial charge in [-0.1, -0.05) is 44.2 Å². The van der Waals surface area contributed by atoms with E-state index in [2.05, 4.69) is 10.6 Å². The zero-order valence-electron chi connectivity index (χ0n) is 14.1. The Morgan fingerprint density at radius 3 is 2.58 bits per heavy atom. The molecule has 24 heavy (non-hydrogen) atoms. The molecule has 1 aromatic heterocycles. The van der Waals surface area contributed by atoms with Crippen molar-refractivity contribution in [1.29, 1.82) is 0 Å². The Kier molecular flexibility index (Phi) is 6.37. The maximum atomic E-state index is 11.9. The first kappa shape index (κ1) is 18.0. The fourth-order valence-electron chi connectivity index (χ4n) is 2.00. The van der Waals surface area contributed by atoms with Crippen molar-refractivity contribution in [3.8, 4) is 0 Å². The summed E-state index contributed by atoms with van der Waals surface area (Å²) in [6, 6.07) is 11.5. The van der Waals surface area contributed by atoms with Crippen molar-refractivity contribution < 1.29 is 14.3 Å². The summed E-state index contributed by atoms with van der Waals surface area (Å²) >= 11 is 1.50. The quantitative estimate of drug-likeness (QED) is 0.828. The van der Waals surface area contributed by atoms with Crippen LogP contribution in [0.5, 0.6) is 0 Å². The molecule has 0 aliphatic heterocycles. The Bertz CT molecular complexity index is 696. The van der Waals surface area contributed by atoms with Gasteiger partial charge in [0, 0.05) is 22.9 Å². The summed E-state index contributed by atoms with van der Waals surface area (Å²) in [5, 5.41) is 6.39. The zero-order valence-corrected chi connectivity index (χ0v) is 14.9. The van der Waals surface area contributed by atoms with Gasteiger partial charge < -0.3 is 15.4 Å². The Balaban J connectivity index is 1.87. The van der Waals surface area contributed by atoms with Gasteiger partial charge in [0.2, 0.25) is 5.91 Å². The molecule has 2 aromatic rings. The van der Waals surface area contributed by atoms with Crippen molar-refractivity contribution >= 4 is 28.3 Å². The summed E-state index contributed by atoms with van der Waals surface area (Å²) in [6.07, 6.45) is -0.483. The first-order chi connectivity index (χ1) is 11.5. The van der Waals surface area contributed by atoms with E-state index in [1.165, 1.54) is 11.3 Å². The Morgan fingerprint density at radius 2 is 1.92 bits per heavy atom. The second kappa shape index (κ2) is 8.49. The number of aryl methyl sites for hydroxylation is 1. The highest BCUT2D eigenvalue weighted by Gasteiger charge is 2.14. The van der Waals surface area contributed by atoms with Crippen LogP contribution in [0.1, 0.15) is 29.9 Å². The number of carbonyl (C=O) groups excluding carboxylic acids is 2. The largest absolute Gasteiger partial charge is 0.445 e. The summed E-state index contributed by atoms with van der Waals surface area (Å²) in [7, 11) is 0. The second-order valence-electron chi connectivity index (χ2n) is 5.77. The number of carbonyl (C=O) groups is 2. The summed E-state index contributed by atoms with van der Waals surface area (Å²) in [6.45, 7) is 6.19. The Labute approximate surface area is 146 Å². The van der Waals surface area contributed by atoms with Gasteiger partial charge in [0.25, 0.3) is 0 Å². The van der Waals surface area contributed by atoms with Crippen LogP contribution in [0.25, 0.3) is 0 Å². The van der Waals surface area contributed by atoms with E-state index in [0.29, 0.717) is 6.54 Å². The van der Waals surface area contributed by atoms with Gasteiger partial charge in [0.1, 0.15) is 11.6 Å². The van der Waals surface area contributed by atoms with Gasteiger partial charge in [-0.3, -0.25) is 4.79 Å². The SMILES string of the molecule is Cc1cc(CNC(=O)OCc2ccccc2)c(NC(=O)C(C)C)s1. The second-order valence-corrected chi connectivity index (χ2v) is 7.03. The highest BCUT2D eigenvalue weighted by molar-refractivity contribution is 7.16. The molecule has 2 N–H and O–H groups in total. The zero-order chi connectivity index (χ0) is 17.5. The molecule has 0 atom stereocenters. The molecule has 128 valence electrons.